The van der Waals surface area contributed by atoms with Crippen molar-refractivity contribution < 1.29 is 22.4 Å². The quantitative estimate of drug-likeness (QED) is 0.323. The van der Waals surface area contributed by atoms with Gasteiger partial charge in [-0.25, -0.2) is 13.1 Å². The number of rotatable bonds is 10. The second-order valence-electron chi connectivity index (χ2n) is 8.06. The first kappa shape index (κ1) is 26.0. The van der Waals surface area contributed by atoms with Crippen LogP contribution in [0.5, 0.6) is 0 Å². The standard InChI is InChI=1S/C25H28N4O5S/c1-17-11-20(19(3)29(17)18(2)16-33-4)12-21(14-26)25(30)28-22-7-5-9-24(13-22)35(31,32)27-15-23-8-6-10-34-23/h5-13,18,27H,15-16H2,1-4H3,(H,28,30)/b21-12-. The van der Waals surface area contributed by atoms with E-state index in [9.17, 15) is 18.5 Å². The molecule has 0 radical (unpaired) electrons. The van der Waals surface area contributed by atoms with Gasteiger partial charge in [0.05, 0.1) is 30.4 Å². The Hall–Kier alpha value is -3.65. The zero-order valence-electron chi connectivity index (χ0n) is 20.0. The number of nitrogens with zero attached hydrogens (tertiary/aromatic N) is 2. The van der Waals surface area contributed by atoms with Crippen LogP contribution in [0.15, 0.2) is 63.6 Å². The second kappa shape index (κ2) is 11.2. The van der Waals surface area contributed by atoms with Crippen LogP contribution in [0, 0.1) is 25.2 Å². The molecule has 0 saturated heterocycles. The van der Waals surface area contributed by atoms with Gasteiger partial charge in [0.2, 0.25) is 10.0 Å². The number of carbonyl (C=O) groups is 1. The molecule has 3 rings (SSSR count). The lowest BCUT2D eigenvalue weighted by atomic mass is 10.1. The van der Waals surface area contributed by atoms with Gasteiger partial charge in [-0.1, -0.05) is 6.07 Å². The van der Waals surface area contributed by atoms with Crippen molar-refractivity contribution >= 4 is 27.7 Å². The van der Waals surface area contributed by atoms with E-state index in [4.69, 9.17) is 9.15 Å². The van der Waals surface area contributed by atoms with Crippen LogP contribution in [0.2, 0.25) is 0 Å². The molecular formula is C25H28N4O5S. The Balaban J connectivity index is 1.78. The number of sulfonamides is 1. The Morgan fingerprint density at radius 1 is 1.26 bits per heavy atom. The fraction of sp³-hybridized carbons (Fsp3) is 0.280. The third-order valence-electron chi connectivity index (χ3n) is 5.46. The highest BCUT2D eigenvalue weighted by molar-refractivity contribution is 7.89. The van der Waals surface area contributed by atoms with Crippen molar-refractivity contribution in [3.05, 3.63) is 77.0 Å². The monoisotopic (exact) mass is 496 g/mol. The normalized spacial score (nSPS) is 12.8. The summed E-state index contributed by atoms with van der Waals surface area (Å²) in [5.41, 5.74) is 2.78. The number of furan rings is 1. The van der Waals surface area contributed by atoms with Crippen LogP contribution in [0.3, 0.4) is 0 Å². The lowest BCUT2D eigenvalue weighted by Gasteiger charge is -2.17. The molecule has 3 aromatic rings. The number of anilines is 1. The molecule has 0 aliphatic heterocycles. The Morgan fingerprint density at radius 3 is 2.69 bits per heavy atom. The zero-order chi connectivity index (χ0) is 25.6. The summed E-state index contributed by atoms with van der Waals surface area (Å²) in [6.45, 7) is 6.42. The van der Waals surface area contributed by atoms with Crippen LogP contribution in [0.4, 0.5) is 5.69 Å². The number of aryl methyl sites for hydroxylation is 1. The SMILES string of the molecule is COCC(C)n1c(C)cc(/C=C(/C#N)C(=O)Nc2cccc(S(=O)(=O)NCc3ccco3)c2)c1C. The maximum atomic E-state index is 12.8. The van der Waals surface area contributed by atoms with Crippen LogP contribution in [-0.2, 0) is 26.1 Å². The molecule has 1 amide bonds. The smallest absolute Gasteiger partial charge is 0.266 e. The molecule has 9 nitrogen and oxygen atoms in total. The number of ether oxygens (including phenoxy) is 1. The molecule has 0 saturated carbocycles. The minimum absolute atomic E-state index is 0.00531. The zero-order valence-corrected chi connectivity index (χ0v) is 20.8. The van der Waals surface area contributed by atoms with Gasteiger partial charge >= 0.3 is 0 Å². The van der Waals surface area contributed by atoms with Crippen molar-refractivity contribution in [3.63, 3.8) is 0 Å². The molecule has 1 unspecified atom stereocenters. The van der Waals surface area contributed by atoms with E-state index in [1.54, 1.807) is 25.3 Å². The van der Waals surface area contributed by atoms with Crippen LogP contribution >= 0.6 is 0 Å². The Morgan fingerprint density at radius 2 is 2.03 bits per heavy atom. The van der Waals surface area contributed by atoms with E-state index in [-0.39, 0.29) is 28.7 Å². The molecule has 0 bridgehead atoms. The number of aromatic nitrogens is 1. The lowest BCUT2D eigenvalue weighted by Crippen LogP contribution is -2.23. The molecule has 0 aliphatic rings. The van der Waals surface area contributed by atoms with Crippen LogP contribution in [0.25, 0.3) is 6.08 Å². The van der Waals surface area contributed by atoms with Crippen molar-refractivity contribution in [2.24, 2.45) is 0 Å². The maximum Gasteiger partial charge on any atom is 0.266 e. The van der Waals surface area contributed by atoms with Crippen LogP contribution in [-0.4, -0.2) is 32.6 Å². The molecule has 2 heterocycles. The Kier molecular flexibility index (Phi) is 8.30. The van der Waals surface area contributed by atoms with Gasteiger partial charge in [-0.05, 0) is 68.8 Å². The summed E-state index contributed by atoms with van der Waals surface area (Å²) in [7, 11) is -2.21. The fourth-order valence-corrected chi connectivity index (χ4v) is 4.89. The van der Waals surface area contributed by atoms with Crippen molar-refractivity contribution in [2.75, 3.05) is 19.0 Å². The molecule has 0 aliphatic carbocycles. The van der Waals surface area contributed by atoms with E-state index in [1.165, 1.54) is 30.5 Å². The number of hydrogen-bond donors (Lipinski definition) is 2. The Bertz CT molecular complexity index is 1370. The molecule has 2 aromatic heterocycles. The first-order valence-corrected chi connectivity index (χ1v) is 12.4. The highest BCUT2D eigenvalue weighted by Crippen LogP contribution is 2.23. The number of nitriles is 1. The van der Waals surface area contributed by atoms with E-state index in [0.29, 0.717) is 12.4 Å². The maximum absolute atomic E-state index is 12.8. The largest absolute Gasteiger partial charge is 0.468 e. The summed E-state index contributed by atoms with van der Waals surface area (Å²) in [6, 6.07) is 13.1. The highest BCUT2D eigenvalue weighted by atomic mass is 32.2. The summed E-state index contributed by atoms with van der Waals surface area (Å²) in [5.74, 6) is -0.168. The molecule has 10 heteroatoms. The topological polar surface area (TPSA) is 126 Å². The molecular weight excluding hydrogens is 468 g/mol. The third kappa shape index (κ3) is 6.27. The molecule has 0 spiro atoms. The second-order valence-corrected chi connectivity index (χ2v) is 9.82. The van der Waals surface area contributed by atoms with Crippen molar-refractivity contribution in [3.8, 4) is 6.07 Å². The van der Waals surface area contributed by atoms with Gasteiger partial charge in [-0.3, -0.25) is 4.79 Å². The van der Waals surface area contributed by atoms with E-state index >= 15 is 0 Å². The first-order valence-electron chi connectivity index (χ1n) is 10.9. The third-order valence-corrected chi connectivity index (χ3v) is 6.85. The van der Waals surface area contributed by atoms with Crippen LogP contribution < -0.4 is 10.0 Å². The average molecular weight is 497 g/mol. The van der Waals surface area contributed by atoms with Crippen molar-refractivity contribution in [1.29, 1.82) is 5.26 Å². The highest BCUT2D eigenvalue weighted by Gasteiger charge is 2.18. The molecule has 2 N–H and O–H groups in total. The molecule has 1 aromatic carbocycles. The fourth-order valence-electron chi connectivity index (χ4n) is 3.85. The Labute approximate surface area is 205 Å². The van der Waals surface area contributed by atoms with Crippen molar-refractivity contribution in [2.45, 2.75) is 38.3 Å². The predicted molar refractivity (Wildman–Crippen MR) is 132 cm³/mol. The summed E-state index contributed by atoms with van der Waals surface area (Å²) in [6.07, 6.45) is 2.98. The van der Waals surface area contributed by atoms with Gasteiger partial charge in [0.15, 0.2) is 0 Å². The minimum atomic E-state index is -3.84. The number of nitrogens with one attached hydrogen (secondary N) is 2. The van der Waals surface area contributed by atoms with E-state index in [2.05, 4.69) is 14.6 Å². The van der Waals surface area contributed by atoms with Gasteiger partial charge in [-0.2, -0.15) is 5.26 Å². The van der Waals surface area contributed by atoms with Crippen LogP contribution in [0.1, 0.15) is 35.7 Å². The minimum Gasteiger partial charge on any atom is -0.468 e. The van der Waals surface area contributed by atoms with Crippen molar-refractivity contribution in [1.82, 2.24) is 9.29 Å². The number of amides is 1. The molecule has 35 heavy (non-hydrogen) atoms. The number of hydrogen-bond acceptors (Lipinski definition) is 6. The summed E-state index contributed by atoms with van der Waals surface area (Å²) in [4.78, 5) is 12.8. The molecule has 1 atom stereocenters. The van der Waals surface area contributed by atoms with E-state index < -0.39 is 15.9 Å². The number of carbonyl (C=O) groups excluding carboxylic acids is 1. The number of methoxy groups -OCH3 is 1. The van der Waals surface area contributed by atoms with Gasteiger partial charge in [0, 0.05) is 24.2 Å². The molecule has 0 fully saturated rings. The first-order chi connectivity index (χ1) is 16.7. The van der Waals surface area contributed by atoms with E-state index in [1.807, 2.05) is 32.9 Å². The van der Waals surface area contributed by atoms with Gasteiger partial charge in [0.25, 0.3) is 5.91 Å². The summed E-state index contributed by atoms with van der Waals surface area (Å²) >= 11 is 0. The lowest BCUT2D eigenvalue weighted by molar-refractivity contribution is -0.112. The van der Waals surface area contributed by atoms with Gasteiger partial charge < -0.3 is 19.0 Å². The van der Waals surface area contributed by atoms with Gasteiger partial charge in [-0.15, -0.1) is 0 Å². The summed E-state index contributed by atoms with van der Waals surface area (Å²) < 4.78 is 40.2. The number of benzene rings is 1. The molecule has 184 valence electrons. The average Bonchev–Trinajstić information content (AvgIpc) is 3.44. The summed E-state index contributed by atoms with van der Waals surface area (Å²) in [5, 5.41) is 12.2. The van der Waals surface area contributed by atoms with Gasteiger partial charge in [0.1, 0.15) is 17.4 Å². The van der Waals surface area contributed by atoms with E-state index in [0.717, 1.165) is 17.0 Å². The predicted octanol–water partition coefficient (Wildman–Crippen LogP) is 3.93.